The van der Waals surface area contributed by atoms with E-state index in [9.17, 15) is 13.2 Å². The van der Waals surface area contributed by atoms with Crippen molar-refractivity contribution < 1.29 is 13.2 Å². The zero-order valence-corrected chi connectivity index (χ0v) is 18.9. The fraction of sp³-hybridized carbons (Fsp3) is 0.269. The molecule has 166 valence electrons. The number of rotatable bonds is 7. The number of para-hydroxylation sites is 1. The van der Waals surface area contributed by atoms with Gasteiger partial charge in [0.1, 0.15) is 0 Å². The van der Waals surface area contributed by atoms with Crippen LogP contribution in [0.15, 0.2) is 83.8 Å². The number of nitrogens with zero attached hydrogens (tertiary/aromatic N) is 1. The third-order valence-corrected chi connectivity index (χ3v) is 7.72. The molecule has 3 aromatic carbocycles. The van der Waals surface area contributed by atoms with E-state index in [-0.39, 0.29) is 5.91 Å². The highest BCUT2D eigenvalue weighted by Gasteiger charge is 2.25. The molecule has 0 spiro atoms. The first kappa shape index (κ1) is 22.2. The fourth-order valence-corrected chi connectivity index (χ4v) is 5.53. The highest BCUT2D eigenvalue weighted by molar-refractivity contribution is 7.89. The molecule has 1 heterocycles. The average molecular weight is 449 g/mol. The van der Waals surface area contributed by atoms with E-state index in [0.29, 0.717) is 30.8 Å². The molecular formula is C26H28N2O3S. The van der Waals surface area contributed by atoms with Crippen molar-refractivity contribution in [2.45, 2.75) is 37.0 Å². The van der Waals surface area contributed by atoms with Crippen LogP contribution in [0.3, 0.4) is 0 Å². The summed E-state index contributed by atoms with van der Waals surface area (Å²) in [5, 5.41) is 3.02. The Balaban J connectivity index is 1.37. The van der Waals surface area contributed by atoms with Crippen LogP contribution in [0.2, 0.25) is 0 Å². The molecule has 1 fully saturated rings. The largest absolute Gasteiger partial charge is 0.326 e. The number of sulfonamides is 1. The second-order valence-electron chi connectivity index (χ2n) is 8.07. The molecule has 0 bridgehead atoms. The predicted octanol–water partition coefficient (Wildman–Crippen LogP) is 5.10. The zero-order chi connectivity index (χ0) is 22.4. The van der Waals surface area contributed by atoms with Crippen LogP contribution in [0.4, 0.5) is 5.69 Å². The SMILES string of the molecule is O=C(CCc1ccc(S(=O)(=O)N2CCCCC2)cc1)Nc1ccccc1-c1ccccc1. The zero-order valence-electron chi connectivity index (χ0n) is 18.0. The van der Waals surface area contributed by atoms with Gasteiger partial charge in [-0.3, -0.25) is 4.79 Å². The molecule has 0 radical (unpaired) electrons. The lowest BCUT2D eigenvalue weighted by molar-refractivity contribution is -0.116. The van der Waals surface area contributed by atoms with Crippen molar-refractivity contribution in [1.29, 1.82) is 0 Å². The highest BCUT2D eigenvalue weighted by atomic mass is 32.2. The van der Waals surface area contributed by atoms with Crippen molar-refractivity contribution in [2.24, 2.45) is 0 Å². The summed E-state index contributed by atoms with van der Waals surface area (Å²) in [6.07, 6.45) is 3.78. The number of aryl methyl sites for hydroxylation is 1. The second kappa shape index (κ2) is 10.1. The van der Waals surface area contributed by atoms with Gasteiger partial charge in [-0.1, -0.05) is 67.1 Å². The maximum Gasteiger partial charge on any atom is 0.243 e. The Bertz CT molecular complexity index is 1150. The van der Waals surface area contributed by atoms with Crippen molar-refractivity contribution in [3.63, 3.8) is 0 Å². The van der Waals surface area contributed by atoms with E-state index in [1.54, 1.807) is 16.4 Å². The van der Waals surface area contributed by atoms with E-state index in [2.05, 4.69) is 5.32 Å². The van der Waals surface area contributed by atoms with Crippen molar-refractivity contribution >= 4 is 21.6 Å². The Labute approximate surface area is 190 Å². The normalized spacial score (nSPS) is 14.8. The minimum absolute atomic E-state index is 0.0709. The first-order chi connectivity index (χ1) is 15.5. The molecule has 5 nitrogen and oxygen atoms in total. The van der Waals surface area contributed by atoms with Gasteiger partial charge in [-0.05, 0) is 48.6 Å². The van der Waals surface area contributed by atoms with Gasteiger partial charge in [-0.25, -0.2) is 8.42 Å². The molecule has 32 heavy (non-hydrogen) atoms. The fourth-order valence-electron chi connectivity index (χ4n) is 4.01. The Morgan fingerprint density at radius 2 is 1.47 bits per heavy atom. The molecule has 3 aromatic rings. The van der Waals surface area contributed by atoms with E-state index in [4.69, 9.17) is 0 Å². The quantitative estimate of drug-likeness (QED) is 0.547. The van der Waals surface area contributed by atoms with Gasteiger partial charge in [0, 0.05) is 30.8 Å². The van der Waals surface area contributed by atoms with Gasteiger partial charge >= 0.3 is 0 Å². The predicted molar refractivity (Wildman–Crippen MR) is 128 cm³/mol. The average Bonchev–Trinajstić information content (AvgIpc) is 2.84. The van der Waals surface area contributed by atoms with Crippen molar-refractivity contribution in [1.82, 2.24) is 4.31 Å². The minimum atomic E-state index is -3.43. The lowest BCUT2D eigenvalue weighted by Crippen LogP contribution is -2.35. The summed E-state index contributed by atoms with van der Waals surface area (Å²) in [7, 11) is -3.43. The van der Waals surface area contributed by atoms with Crippen LogP contribution >= 0.6 is 0 Å². The summed E-state index contributed by atoms with van der Waals surface area (Å²) in [6.45, 7) is 1.18. The molecular weight excluding hydrogens is 420 g/mol. The number of carbonyl (C=O) groups excluding carboxylic acids is 1. The number of piperidine rings is 1. The van der Waals surface area contributed by atoms with Crippen LogP contribution in [0.1, 0.15) is 31.2 Å². The first-order valence-electron chi connectivity index (χ1n) is 11.1. The van der Waals surface area contributed by atoms with Crippen LogP contribution in [0.25, 0.3) is 11.1 Å². The standard InChI is InChI=1S/C26H28N2O3S/c29-26(27-25-12-6-5-11-24(25)22-9-3-1-4-10-22)18-15-21-13-16-23(17-14-21)32(30,31)28-19-7-2-8-20-28/h1,3-6,9-14,16-17H,2,7-8,15,18-20H2,(H,27,29). The van der Waals surface area contributed by atoms with Gasteiger partial charge in [-0.15, -0.1) is 0 Å². The van der Waals surface area contributed by atoms with Gasteiger partial charge in [0.25, 0.3) is 0 Å². The number of carbonyl (C=O) groups is 1. The molecule has 0 aromatic heterocycles. The van der Waals surface area contributed by atoms with Gasteiger partial charge < -0.3 is 5.32 Å². The number of nitrogens with one attached hydrogen (secondary N) is 1. The van der Waals surface area contributed by atoms with Crippen molar-refractivity contribution in [3.05, 3.63) is 84.4 Å². The minimum Gasteiger partial charge on any atom is -0.326 e. The van der Waals surface area contributed by atoms with E-state index >= 15 is 0 Å². The Morgan fingerprint density at radius 3 is 2.19 bits per heavy atom. The van der Waals surface area contributed by atoms with Crippen LogP contribution in [-0.2, 0) is 21.2 Å². The van der Waals surface area contributed by atoms with Crippen LogP contribution in [0.5, 0.6) is 0 Å². The van der Waals surface area contributed by atoms with Crippen LogP contribution < -0.4 is 5.32 Å². The number of benzene rings is 3. The van der Waals surface area contributed by atoms with Crippen LogP contribution in [0, 0.1) is 0 Å². The maximum atomic E-state index is 12.8. The van der Waals surface area contributed by atoms with Gasteiger partial charge in [0.05, 0.1) is 4.90 Å². The third kappa shape index (κ3) is 5.26. The molecule has 0 aliphatic carbocycles. The lowest BCUT2D eigenvalue weighted by atomic mass is 10.0. The summed E-state index contributed by atoms with van der Waals surface area (Å²) < 4.78 is 27.1. The summed E-state index contributed by atoms with van der Waals surface area (Å²) in [4.78, 5) is 12.9. The summed E-state index contributed by atoms with van der Waals surface area (Å²) in [5.41, 5.74) is 3.75. The number of amides is 1. The molecule has 1 saturated heterocycles. The highest BCUT2D eigenvalue weighted by Crippen LogP contribution is 2.28. The Morgan fingerprint density at radius 1 is 0.812 bits per heavy atom. The summed E-state index contributed by atoms with van der Waals surface area (Å²) in [6, 6.07) is 24.6. The second-order valence-corrected chi connectivity index (χ2v) is 10.0. The third-order valence-electron chi connectivity index (χ3n) is 5.80. The molecule has 0 atom stereocenters. The number of anilines is 1. The Hall–Kier alpha value is -2.96. The van der Waals surface area contributed by atoms with Crippen molar-refractivity contribution in [3.8, 4) is 11.1 Å². The van der Waals surface area contributed by atoms with E-state index in [1.165, 1.54) is 0 Å². The number of hydrogen-bond donors (Lipinski definition) is 1. The molecule has 6 heteroatoms. The summed E-state index contributed by atoms with van der Waals surface area (Å²) >= 11 is 0. The topological polar surface area (TPSA) is 66.5 Å². The molecule has 0 unspecified atom stereocenters. The first-order valence-corrected chi connectivity index (χ1v) is 12.5. The smallest absolute Gasteiger partial charge is 0.243 e. The van der Waals surface area contributed by atoms with E-state index in [1.807, 2.05) is 66.7 Å². The number of hydrogen-bond acceptors (Lipinski definition) is 3. The Kier molecular flexibility index (Phi) is 7.02. The van der Waals surface area contributed by atoms with E-state index in [0.717, 1.165) is 41.6 Å². The van der Waals surface area contributed by atoms with Gasteiger partial charge in [0.15, 0.2) is 0 Å². The van der Waals surface area contributed by atoms with Gasteiger partial charge in [0.2, 0.25) is 15.9 Å². The van der Waals surface area contributed by atoms with Gasteiger partial charge in [-0.2, -0.15) is 4.31 Å². The van der Waals surface area contributed by atoms with Crippen LogP contribution in [-0.4, -0.2) is 31.7 Å². The van der Waals surface area contributed by atoms with Crippen molar-refractivity contribution in [2.75, 3.05) is 18.4 Å². The van der Waals surface area contributed by atoms with E-state index < -0.39 is 10.0 Å². The molecule has 0 saturated carbocycles. The summed E-state index contributed by atoms with van der Waals surface area (Å²) in [5.74, 6) is -0.0709. The molecule has 1 aliphatic heterocycles. The molecule has 1 amide bonds. The molecule has 4 rings (SSSR count). The lowest BCUT2D eigenvalue weighted by Gasteiger charge is -2.25. The monoisotopic (exact) mass is 448 g/mol. The maximum absolute atomic E-state index is 12.8. The molecule has 1 aliphatic rings. The molecule has 1 N–H and O–H groups in total.